The summed E-state index contributed by atoms with van der Waals surface area (Å²) in [7, 11) is -3.96. The van der Waals surface area contributed by atoms with E-state index in [1.807, 2.05) is 39.8 Å². The lowest BCUT2D eigenvalue weighted by Crippen LogP contribution is -2.18. The number of imidazole rings is 1. The Morgan fingerprint density at radius 1 is 0.933 bits per heavy atom. The molecule has 0 aliphatic carbocycles. The largest absolute Gasteiger partial charge is 0.271 e. The first kappa shape index (κ1) is 22.0. The molecule has 0 spiro atoms. The summed E-state index contributed by atoms with van der Waals surface area (Å²) in [5, 5.41) is 11.0. The van der Waals surface area contributed by atoms with Gasteiger partial charge >= 0.3 is 0 Å². The third-order valence-electron chi connectivity index (χ3n) is 5.31. The molecule has 0 N–H and O–H groups in total. The van der Waals surface area contributed by atoms with Crippen LogP contribution in [-0.2, 0) is 10.0 Å². The maximum Gasteiger partial charge on any atom is 0.271 e. The van der Waals surface area contributed by atoms with Crippen molar-refractivity contribution >= 4 is 26.7 Å². The highest BCUT2D eigenvalue weighted by molar-refractivity contribution is 7.90. The highest BCUT2D eigenvalue weighted by Crippen LogP contribution is 2.37. The third-order valence-corrected chi connectivity index (χ3v) is 7.10. The molecular weight excluding hydrogens is 402 g/mol. The normalized spacial score (nSPS) is 12.4. The number of aromatic nitrogens is 2. The zero-order valence-corrected chi connectivity index (χ0v) is 18.9. The van der Waals surface area contributed by atoms with Gasteiger partial charge in [0.15, 0.2) is 0 Å². The predicted octanol–water partition coefficient (Wildman–Crippen LogP) is 5.55. The van der Waals surface area contributed by atoms with E-state index < -0.39 is 14.9 Å². The minimum atomic E-state index is -3.96. The van der Waals surface area contributed by atoms with Gasteiger partial charge in [-0.25, -0.2) is 17.4 Å². The Kier molecular flexibility index (Phi) is 5.73. The van der Waals surface area contributed by atoms with Crippen LogP contribution in [0.3, 0.4) is 0 Å². The molecule has 1 aromatic heterocycles. The molecule has 7 nitrogen and oxygen atoms in total. The van der Waals surface area contributed by atoms with Gasteiger partial charge in [-0.05, 0) is 40.5 Å². The van der Waals surface area contributed by atoms with Crippen molar-refractivity contribution in [2.24, 2.45) is 0 Å². The second-order valence-corrected chi connectivity index (χ2v) is 10.2. The predicted molar refractivity (Wildman–Crippen MR) is 118 cm³/mol. The first-order chi connectivity index (χ1) is 13.9. The van der Waals surface area contributed by atoms with Gasteiger partial charge in [0.05, 0.1) is 20.9 Å². The Morgan fingerprint density at radius 2 is 1.50 bits per heavy atom. The van der Waals surface area contributed by atoms with Crippen LogP contribution < -0.4 is 0 Å². The van der Waals surface area contributed by atoms with Gasteiger partial charge in [-0.3, -0.25) is 10.1 Å². The SMILES string of the molecule is CC(C)c1cc(C(C)C)c(S(=O)(=O)n2cnc3cc([N+](=O)[O-])ccc32)c(C(C)C)c1. The summed E-state index contributed by atoms with van der Waals surface area (Å²) in [5.41, 5.74) is 3.11. The second-order valence-electron chi connectivity index (χ2n) is 8.47. The number of nitrogens with zero attached hydrogens (tertiary/aromatic N) is 3. The Labute approximate surface area is 177 Å². The molecule has 30 heavy (non-hydrogen) atoms. The van der Waals surface area contributed by atoms with Gasteiger partial charge in [0, 0.05) is 12.1 Å². The molecule has 2 aromatic carbocycles. The molecule has 0 unspecified atom stereocenters. The molecule has 0 aliphatic rings. The van der Waals surface area contributed by atoms with Crippen molar-refractivity contribution in [1.82, 2.24) is 8.96 Å². The van der Waals surface area contributed by atoms with Crippen molar-refractivity contribution in [2.75, 3.05) is 0 Å². The van der Waals surface area contributed by atoms with Crippen LogP contribution in [0.4, 0.5) is 5.69 Å². The summed E-state index contributed by atoms with van der Waals surface area (Å²) in [6, 6.07) is 7.99. The van der Waals surface area contributed by atoms with Crippen molar-refractivity contribution in [2.45, 2.75) is 64.2 Å². The summed E-state index contributed by atoms with van der Waals surface area (Å²) in [6.45, 7) is 12.1. The molecular formula is C22H27N3O4S. The minimum Gasteiger partial charge on any atom is -0.258 e. The van der Waals surface area contributed by atoms with Crippen LogP contribution in [-0.4, -0.2) is 22.3 Å². The Balaban J connectivity index is 2.33. The van der Waals surface area contributed by atoms with E-state index in [0.717, 1.165) is 20.7 Å². The van der Waals surface area contributed by atoms with E-state index in [1.165, 1.54) is 24.5 Å². The average Bonchev–Trinajstić information content (AvgIpc) is 3.10. The molecule has 3 rings (SSSR count). The summed E-state index contributed by atoms with van der Waals surface area (Å²) < 4.78 is 28.8. The van der Waals surface area contributed by atoms with Gasteiger partial charge in [-0.1, -0.05) is 53.7 Å². The minimum absolute atomic E-state index is 0.00171. The topological polar surface area (TPSA) is 95.1 Å². The highest BCUT2D eigenvalue weighted by Gasteiger charge is 2.29. The summed E-state index contributed by atoms with van der Waals surface area (Å²) in [6.07, 6.45) is 1.23. The van der Waals surface area contributed by atoms with E-state index in [9.17, 15) is 18.5 Å². The molecule has 0 bridgehead atoms. The van der Waals surface area contributed by atoms with E-state index in [0.29, 0.717) is 10.4 Å². The lowest BCUT2D eigenvalue weighted by molar-refractivity contribution is -0.384. The van der Waals surface area contributed by atoms with Gasteiger partial charge in [-0.2, -0.15) is 0 Å². The quantitative estimate of drug-likeness (QED) is 0.378. The number of fused-ring (bicyclic) bond motifs is 1. The fraction of sp³-hybridized carbons (Fsp3) is 0.409. The highest BCUT2D eigenvalue weighted by atomic mass is 32.2. The summed E-state index contributed by atoms with van der Waals surface area (Å²) in [4.78, 5) is 15.0. The molecule has 160 valence electrons. The van der Waals surface area contributed by atoms with Crippen molar-refractivity contribution in [3.63, 3.8) is 0 Å². The lowest BCUT2D eigenvalue weighted by atomic mass is 9.89. The van der Waals surface area contributed by atoms with Gasteiger partial charge in [0.1, 0.15) is 6.33 Å². The second kappa shape index (κ2) is 7.83. The molecule has 0 fully saturated rings. The third kappa shape index (κ3) is 3.71. The number of benzene rings is 2. The van der Waals surface area contributed by atoms with Crippen molar-refractivity contribution in [3.8, 4) is 0 Å². The molecule has 0 radical (unpaired) electrons. The van der Waals surface area contributed by atoms with Gasteiger partial charge < -0.3 is 0 Å². The monoisotopic (exact) mass is 429 g/mol. The van der Waals surface area contributed by atoms with E-state index in [4.69, 9.17) is 0 Å². The fourth-order valence-electron chi connectivity index (χ4n) is 3.57. The van der Waals surface area contributed by atoms with Crippen molar-refractivity contribution in [3.05, 3.63) is 63.5 Å². The van der Waals surface area contributed by atoms with Crippen LogP contribution in [0.5, 0.6) is 0 Å². The molecule has 1 heterocycles. The number of hydrogen-bond donors (Lipinski definition) is 0. The van der Waals surface area contributed by atoms with Crippen LogP contribution in [0, 0.1) is 10.1 Å². The van der Waals surface area contributed by atoms with Crippen LogP contribution in [0.15, 0.2) is 41.6 Å². The fourth-order valence-corrected chi connectivity index (χ4v) is 5.54. The van der Waals surface area contributed by atoms with Gasteiger partial charge in [0.25, 0.3) is 15.7 Å². The standard InChI is InChI=1S/C22H27N3O4S/c1-13(2)16-9-18(14(3)4)22(19(10-16)15(5)6)30(28,29)24-12-23-20-11-17(25(26)27)7-8-21(20)24/h7-15H,1-6H3. The summed E-state index contributed by atoms with van der Waals surface area (Å²) >= 11 is 0. The van der Waals surface area contributed by atoms with Crippen LogP contribution in [0.25, 0.3) is 11.0 Å². The Bertz CT molecular complexity index is 1200. The van der Waals surface area contributed by atoms with E-state index in [2.05, 4.69) is 18.8 Å². The number of rotatable bonds is 6. The molecule has 8 heteroatoms. The number of hydrogen-bond acceptors (Lipinski definition) is 5. The zero-order chi connectivity index (χ0) is 22.4. The Hall–Kier alpha value is -2.74. The maximum atomic E-state index is 13.8. The maximum absolute atomic E-state index is 13.8. The van der Waals surface area contributed by atoms with E-state index in [1.54, 1.807) is 0 Å². The molecule has 0 aliphatic heterocycles. The molecule has 0 saturated carbocycles. The number of non-ortho nitro benzene ring substituents is 1. The summed E-state index contributed by atoms with van der Waals surface area (Å²) in [5.74, 6) is 0.273. The number of nitro groups is 1. The zero-order valence-electron chi connectivity index (χ0n) is 18.1. The van der Waals surface area contributed by atoms with E-state index >= 15 is 0 Å². The smallest absolute Gasteiger partial charge is 0.258 e. The first-order valence-corrected chi connectivity index (χ1v) is 11.4. The molecule has 3 aromatic rings. The molecule has 0 atom stereocenters. The Morgan fingerprint density at radius 3 is 1.97 bits per heavy atom. The molecule has 0 saturated heterocycles. The van der Waals surface area contributed by atoms with Crippen molar-refractivity contribution in [1.29, 1.82) is 0 Å². The average molecular weight is 430 g/mol. The van der Waals surface area contributed by atoms with Crippen LogP contribution in [0.2, 0.25) is 0 Å². The van der Waals surface area contributed by atoms with E-state index in [-0.39, 0.29) is 29.0 Å². The van der Waals surface area contributed by atoms with Crippen LogP contribution in [0.1, 0.15) is 76.0 Å². The van der Waals surface area contributed by atoms with Crippen LogP contribution >= 0.6 is 0 Å². The first-order valence-electron chi connectivity index (χ1n) is 10.00. The van der Waals surface area contributed by atoms with Gasteiger partial charge in [0.2, 0.25) is 0 Å². The van der Waals surface area contributed by atoms with Crippen molar-refractivity contribution < 1.29 is 13.3 Å². The lowest BCUT2D eigenvalue weighted by Gasteiger charge is -2.23. The molecule has 0 amide bonds. The number of nitro benzene ring substituents is 1. The van der Waals surface area contributed by atoms with Gasteiger partial charge in [-0.15, -0.1) is 0 Å².